The number of aliphatic carboxylic acids is 1. The molecule has 1 N–H and O–H groups in total. The first-order valence-corrected chi connectivity index (χ1v) is 5.90. The quantitative estimate of drug-likeness (QED) is 0.619. The monoisotopic (exact) mass is 224 g/mol. The van der Waals surface area contributed by atoms with Crippen molar-refractivity contribution in [1.29, 1.82) is 0 Å². The lowest BCUT2D eigenvalue weighted by Crippen LogP contribution is -2.39. The average Bonchev–Trinajstić information content (AvgIpc) is 1.94. The second-order valence-corrected chi connectivity index (χ2v) is 5.28. The molecule has 0 saturated carbocycles. The predicted octanol–water partition coefficient (Wildman–Crippen LogP) is -1.11. The molecule has 0 aliphatic carbocycles. The molecule has 0 saturated heterocycles. The lowest BCUT2D eigenvalue weighted by Gasteiger charge is -2.19. The first kappa shape index (κ1) is 13.3. The van der Waals surface area contributed by atoms with E-state index in [0.717, 1.165) is 10.6 Å². The van der Waals surface area contributed by atoms with E-state index in [1.807, 2.05) is 0 Å². The van der Waals surface area contributed by atoms with E-state index in [1.54, 1.807) is 19.0 Å². The van der Waals surface area contributed by atoms with E-state index >= 15 is 0 Å². The lowest BCUT2D eigenvalue weighted by atomic mass is 10.5. The van der Waals surface area contributed by atoms with E-state index in [0.29, 0.717) is 6.54 Å². The second kappa shape index (κ2) is 5.28. The molecular weight excluding hydrogens is 208 g/mol. The lowest BCUT2D eigenvalue weighted by molar-refractivity contribution is -0.137. The van der Waals surface area contributed by atoms with Crippen molar-refractivity contribution in [2.24, 2.45) is 0 Å². The van der Waals surface area contributed by atoms with Crippen molar-refractivity contribution in [3.05, 3.63) is 0 Å². The van der Waals surface area contributed by atoms with Crippen LogP contribution in [0.4, 0.5) is 0 Å². The highest BCUT2D eigenvalue weighted by Gasteiger charge is 2.19. The van der Waals surface area contributed by atoms with Crippen LogP contribution < -0.4 is 0 Å². The molecule has 0 fully saturated rings. The maximum absolute atomic E-state index is 11.1. The van der Waals surface area contributed by atoms with Crippen LogP contribution in [-0.2, 0) is 14.8 Å². The smallest absolute Gasteiger partial charge is 0.318 e. The Balaban J connectivity index is 4.35. The summed E-state index contributed by atoms with van der Waals surface area (Å²) in [6, 6.07) is 0. The molecular formula is C7H16N2O4S. The summed E-state index contributed by atoms with van der Waals surface area (Å²) in [5.41, 5.74) is 0. The van der Waals surface area contributed by atoms with E-state index < -0.39 is 22.5 Å². The zero-order valence-electron chi connectivity index (χ0n) is 8.60. The van der Waals surface area contributed by atoms with E-state index in [9.17, 15) is 13.2 Å². The van der Waals surface area contributed by atoms with Crippen LogP contribution in [0.1, 0.15) is 0 Å². The zero-order chi connectivity index (χ0) is 11.4. The normalized spacial score (nSPS) is 12.4. The van der Waals surface area contributed by atoms with Crippen LogP contribution in [0.5, 0.6) is 0 Å². The van der Waals surface area contributed by atoms with Crippen LogP contribution in [0, 0.1) is 0 Å². The Hall–Kier alpha value is -0.660. The molecule has 0 amide bonds. The van der Waals surface area contributed by atoms with Gasteiger partial charge < -0.3 is 10.0 Å². The average molecular weight is 224 g/mol. The van der Waals surface area contributed by atoms with Gasteiger partial charge in [-0.3, -0.25) is 4.79 Å². The molecule has 0 spiro atoms. The van der Waals surface area contributed by atoms with Gasteiger partial charge in [-0.15, -0.1) is 0 Å². The number of carboxylic acids is 1. The molecule has 0 heterocycles. The van der Waals surface area contributed by atoms with Crippen molar-refractivity contribution in [2.45, 2.75) is 0 Å². The molecule has 7 heteroatoms. The van der Waals surface area contributed by atoms with Crippen LogP contribution >= 0.6 is 0 Å². The van der Waals surface area contributed by atoms with Gasteiger partial charge in [0.05, 0.1) is 6.26 Å². The summed E-state index contributed by atoms with van der Waals surface area (Å²) in [5.74, 6) is -1.14. The summed E-state index contributed by atoms with van der Waals surface area (Å²) in [4.78, 5) is 12.2. The van der Waals surface area contributed by atoms with Crippen molar-refractivity contribution in [3.8, 4) is 0 Å². The Bertz CT molecular complexity index is 286. The summed E-state index contributed by atoms with van der Waals surface area (Å²) in [6.07, 6.45) is 1.01. The number of hydrogen-bond acceptors (Lipinski definition) is 4. The Morgan fingerprint density at radius 2 is 1.79 bits per heavy atom. The first-order chi connectivity index (χ1) is 6.23. The number of rotatable bonds is 6. The summed E-state index contributed by atoms with van der Waals surface area (Å²) in [7, 11) is 0.156. The Morgan fingerprint density at radius 3 is 2.07 bits per heavy atom. The van der Waals surface area contributed by atoms with E-state index in [2.05, 4.69) is 0 Å². The fourth-order valence-electron chi connectivity index (χ4n) is 0.825. The first-order valence-electron chi connectivity index (χ1n) is 4.05. The SMILES string of the molecule is CN(C)CCN(CC(=O)O)S(C)(=O)=O. The highest BCUT2D eigenvalue weighted by atomic mass is 32.2. The van der Waals surface area contributed by atoms with Gasteiger partial charge in [-0.1, -0.05) is 0 Å². The standard InChI is InChI=1S/C7H16N2O4S/c1-8(2)4-5-9(6-7(10)11)14(3,12)13/h4-6H2,1-3H3,(H,10,11). The highest BCUT2D eigenvalue weighted by Crippen LogP contribution is 1.97. The van der Waals surface area contributed by atoms with Gasteiger partial charge in [0.2, 0.25) is 10.0 Å². The fourth-order valence-corrected chi connectivity index (χ4v) is 1.58. The Kier molecular flexibility index (Phi) is 5.03. The van der Waals surface area contributed by atoms with E-state index in [1.165, 1.54) is 0 Å². The van der Waals surface area contributed by atoms with Gasteiger partial charge >= 0.3 is 5.97 Å². The number of nitrogens with zero attached hydrogens (tertiary/aromatic N) is 2. The third kappa shape index (κ3) is 5.90. The van der Waals surface area contributed by atoms with Gasteiger partial charge in [-0.25, -0.2) is 8.42 Å². The molecule has 0 aromatic carbocycles. The minimum Gasteiger partial charge on any atom is -0.480 e. The third-order valence-electron chi connectivity index (χ3n) is 1.58. The largest absolute Gasteiger partial charge is 0.480 e. The molecule has 0 unspecified atom stereocenters. The van der Waals surface area contributed by atoms with Crippen LogP contribution in [0.25, 0.3) is 0 Å². The van der Waals surface area contributed by atoms with E-state index in [-0.39, 0.29) is 6.54 Å². The molecule has 14 heavy (non-hydrogen) atoms. The van der Waals surface area contributed by atoms with Crippen molar-refractivity contribution in [2.75, 3.05) is 40.0 Å². The summed E-state index contributed by atoms with van der Waals surface area (Å²) >= 11 is 0. The summed E-state index contributed by atoms with van der Waals surface area (Å²) in [5, 5.41) is 8.49. The number of carboxylic acid groups (broad SMARTS) is 1. The number of carbonyl (C=O) groups is 1. The molecule has 0 rings (SSSR count). The van der Waals surface area contributed by atoms with Crippen LogP contribution in [0.15, 0.2) is 0 Å². The predicted molar refractivity (Wildman–Crippen MR) is 52.6 cm³/mol. The topological polar surface area (TPSA) is 77.9 Å². The Morgan fingerprint density at radius 1 is 1.29 bits per heavy atom. The molecule has 0 radical (unpaired) electrons. The number of likely N-dealkylation sites (N-methyl/N-ethyl adjacent to an activating group) is 1. The van der Waals surface area contributed by atoms with Gasteiger partial charge in [0, 0.05) is 13.1 Å². The van der Waals surface area contributed by atoms with Gasteiger partial charge in [0.25, 0.3) is 0 Å². The van der Waals surface area contributed by atoms with Crippen LogP contribution in [0.2, 0.25) is 0 Å². The second-order valence-electron chi connectivity index (χ2n) is 3.29. The van der Waals surface area contributed by atoms with Crippen molar-refractivity contribution in [1.82, 2.24) is 9.21 Å². The maximum Gasteiger partial charge on any atom is 0.318 e. The minimum atomic E-state index is -3.43. The number of sulfonamides is 1. The Labute approximate surface area is 84.2 Å². The molecule has 0 atom stereocenters. The molecule has 0 aliphatic heterocycles. The van der Waals surface area contributed by atoms with Gasteiger partial charge in [0.1, 0.15) is 6.54 Å². The van der Waals surface area contributed by atoms with Crippen LogP contribution in [-0.4, -0.2) is 68.7 Å². The molecule has 0 aromatic rings. The number of hydrogen-bond donors (Lipinski definition) is 1. The van der Waals surface area contributed by atoms with Gasteiger partial charge in [-0.2, -0.15) is 4.31 Å². The van der Waals surface area contributed by atoms with Crippen LogP contribution in [0.3, 0.4) is 0 Å². The molecule has 84 valence electrons. The summed E-state index contributed by atoms with van der Waals surface area (Å²) in [6.45, 7) is 0.213. The molecule has 0 bridgehead atoms. The van der Waals surface area contributed by atoms with Crippen molar-refractivity contribution >= 4 is 16.0 Å². The summed E-state index contributed by atoms with van der Waals surface area (Å²) < 4.78 is 23.2. The molecule has 0 aliphatic rings. The highest BCUT2D eigenvalue weighted by molar-refractivity contribution is 7.88. The minimum absolute atomic E-state index is 0.193. The van der Waals surface area contributed by atoms with Crippen molar-refractivity contribution < 1.29 is 18.3 Å². The van der Waals surface area contributed by atoms with E-state index in [4.69, 9.17) is 5.11 Å². The maximum atomic E-state index is 11.1. The third-order valence-corrected chi connectivity index (χ3v) is 2.83. The molecule has 6 nitrogen and oxygen atoms in total. The zero-order valence-corrected chi connectivity index (χ0v) is 9.41. The molecule has 0 aromatic heterocycles. The van der Waals surface area contributed by atoms with Gasteiger partial charge in [0.15, 0.2) is 0 Å². The van der Waals surface area contributed by atoms with Crippen molar-refractivity contribution in [3.63, 3.8) is 0 Å². The fraction of sp³-hybridized carbons (Fsp3) is 0.857. The van der Waals surface area contributed by atoms with Gasteiger partial charge in [-0.05, 0) is 14.1 Å².